The second-order valence-corrected chi connectivity index (χ2v) is 2.82. The molecule has 1 nitrogen and oxygen atoms in total. The predicted molar refractivity (Wildman–Crippen MR) is 48.5 cm³/mol. The van der Waals surface area contributed by atoms with Crippen LogP contribution in [0, 0.1) is 5.92 Å². The summed E-state index contributed by atoms with van der Waals surface area (Å²) in [4.78, 5) is 10.4. The Balaban J connectivity index is 3.44. The maximum atomic E-state index is 10.4. The fourth-order valence-corrected chi connectivity index (χ4v) is 1.09. The molecule has 0 aliphatic carbocycles. The molecule has 64 valence electrons. The third-order valence-corrected chi connectivity index (χ3v) is 1.76. The van der Waals surface area contributed by atoms with Crippen LogP contribution in [0.15, 0.2) is 12.2 Å². The average molecular weight is 154 g/mol. The summed E-state index contributed by atoms with van der Waals surface area (Å²) in [5.74, 6) is 0.159. The lowest BCUT2D eigenvalue weighted by atomic mass is 10.0. The Morgan fingerprint density at radius 3 is 2.55 bits per heavy atom. The minimum atomic E-state index is 0.159. The zero-order chi connectivity index (χ0) is 8.53. The highest BCUT2D eigenvalue weighted by atomic mass is 16.1. The molecule has 11 heavy (non-hydrogen) atoms. The van der Waals surface area contributed by atoms with Gasteiger partial charge in [-0.3, -0.25) is 0 Å². The van der Waals surface area contributed by atoms with Crippen LogP contribution in [-0.4, -0.2) is 6.29 Å². The molecule has 0 saturated heterocycles. The molecule has 0 bridgehead atoms. The Morgan fingerprint density at radius 1 is 1.36 bits per heavy atom. The third kappa shape index (κ3) is 5.84. The van der Waals surface area contributed by atoms with Crippen LogP contribution in [0.5, 0.6) is 0 Å². The topological polar surface area (TPSA) is 17.1 Å². The molecule has 0 aromatic rings. The highest BCUT2D eigenvalue weighted by Gasteiger charge is 2.00. The molecule has 1 unspecified atom stereocenters. The van der Waals surface area contributed by atoms with Crippen LogP contribution < -0.4 is 0 Å². The molecule has 0 aliphatic heterocycles. The zero-order valence-electron chi connectivity index (χ0n) is 7.55. The van der Waals surface area contributed by atoms with Gasteiger partial charge in [0.15, 0.2) is 0 Å². The summed E-state index contributed by atoms with van der Waals surface area (Å²) < 4.78 is 0. The number of unbranched alkanes of at least 4 members (excludes halogenated alkanes) is 2. The van der Waals surface area contributed by atoms with E-state index in [4.69, 9.17) is 0 Å². The number of aldehydes is 1. The molecule has 1 heteroatoms. The quantitative estimate of drug-likeness (QED) is 0.326. The third-order valence-electron chi connectivity index (χ3n) is 1.76. The van der Waals surface area contributed by atoms with Gasteiger partial charge in [-0.05, 0) is 13.3 Å². The molecule has 0 aromatic heterocycles. The van der Waals surface area contributed by atoms with E-state index in [0.29, 0.717) is 0 Å². The van der Waals surface area contributed by atoms with Gasteiger partial charge in [-0.25, -0.2) is 0 Å². The van der Waals surface area contributed by atoms with Crippen LogP contribution in [0.2, 0.25) is 0 Å². The van der Waals surface area contributed by atoms with E-state index in [0.717, 1.165) is 12.7 Å². The summed E-state index contributed by atoms with van der Waals surface area (Å²) in [7, 11) is 0. The summed E-state index contributed by atoms with van der Waals surface area (Å²) in [5.41, 5.74) is 0. The van der Waals surface area contributed by atoms with Crippen molar-refractivity contribution < 1.29 is 4.79 Å². The Hall–Kier alpha value is -0.590. The van der Waals surface area contributed by atoms with Crippen molar-refractivity contribution in [2.24, 2.45) is 5.92 Å². The molecule has 0 saturated carbocycles. The van der Waals surface area contributed by atoms with E-state index in [1.54, 1.807) is 0 Å². The molecule has 0 aliphatic rings. The molecular formula is C10H18O. The highest BCUT2D eigenvalue weighted by Crippen LogP contribution is 2.08. The summed E-state index contributed by atoms with van der Waals surface area (Å²) in [6.07, 6.45) is 9.61. The summed E-state index contributed by atoms with van der Waals surface area (Å²) >= 11 is 0. The van der Waals surface area contributed by atoms with Gasteiger partial charge in [-0.2, -0.15) is 0 Å². The molecule has 0 N–H and O–H groups in total. The van der Waals surface area contributed by atoms with E-state index in [9.17, 15) is 4.79 Å². The lowest BCUT2D eigenvalue weighted by Gasteiger charge is -2.02. The first-order valence-electron chi connectivity index (χ1n) is 4.43. The minimum absolute atomic E-state index is 0.159. The molecule has 0 radical (unpaired) electrons. The van der Waals surface area contributed by atoms with Gasteiger partial charge >= 0.3 is 0 Å². The molecule has 1 atom stereocenters. The SMILES string of the molecule is CC=CC(C=O)CCCCC. The second-order valence-electron chi connectivity index (χ2n) is 2.82. The largest absolute Gasteiger partial charge is 0.303 e. The number of allylic oxidation sites excluding steroid dienone is 2. The number of carbonyl (C=O) groups excluding carboxylic acids is 1. The van der Waals surface area contributed by atoms with Crippen molar-refractivity contribution in [3.8, 4) is 0 Å². The van der Waals surface area contributed by atoms with Crippen molar-refractivity contribution in [3.05, 3.63) is 12.2 Å². The van der Waals surface area contributed by atoms with Crippen LogP contribution in [0.3, 0.4) is 0 Å². The van der Waals surface area contributed by atoms with Crippen LogP contribution in [-0.2, 0) is 4.79 Å². The van der Waals surface area contributed by atoms with E-state index in [1.807, 2.05) is 19.1 Å². The van der Waals surface area contributed by atoms with E-state index >= 15 is 0 Å². The molecule has 0 fully saturated rings. The zero-order valence-corrected chi connectivity index (χ0v) is 7.55. The minimum Gasteiger partial charge on any atom is -0.303 e. The second kappa shape index (κ2) is 7.52. The highest BCUT2D eigenvalue weighted by molar-refractivity contribution is 5.56. The standard InChI is InChI=1S/C10H18O/c1-3-5-6-8-10(9-11)7-4-2/h4,7,9-10H,3,5-6,8H2,1-2H3. The number of rotatable bonds is 6. The van der Waals surface area contributed by atoms with Crippen molar-refractivity contribution in [1.29, 1.82) is 0 Å². The number of hydrogen-bond donors (Lipinski definition) is 0. The summed E-state index contributed by atoms with van der Waals surface area (Å²) in [5, 5.41) is 0. The van der Waals surface area contributed by atoms with Crippen LogP contribution in [0.25, 0.3) is 0 Å². The van der Waals surface area contributed by atoms with Crippen molar-refractivity contribution in [1.82, 2.24) is 0 Å². The lowest BCUT2D eigenvalue weighted by Crippen LogP contribution is -1.96. The first kappa shape index (κ1) is 10.4. The molecular weight excluding hydrogens is 136 g/mol. The fraction of sp³-hybridized carbons (Fsp3) is 0.700. The normalized spacial score (nSPS) is 13.6. The number of carbonyl (C=O) groups is 1. The van der Waals surface area contributed by atoms with Gasteiger partial charge in [0, 0.05) is 5.92 Å². The maximum absolute atomic E-state index is 10.4. The van der Waals surface area contributed by atoms with E-state index in [-0.39, 0.29) is 5.92 Å². The Labute approximate surface area is 69.5 Å². The monoisotopic (exact) mass is 154 g/mol. The molecule has 0 amide bonds. The van der Waals surface area contributed by atoms with Crippen molar-refractivity contribution in [2.45, 2.75) is 39.5 Å². The predicted octanol–water partition coefficient (Wildman–Crippen LogP) is 2.96. The summed E-state index contributed by atoms with van der Waals surface area (Å²) in [6, 6.07) is 0. The van der Waals surface area contributed by atoms with Crippen molar-refractivity contribution in [3.63, 3.8) is 0 Å². The Morgan fingerprint density at radius 2 is 2.09 bits per heavy atom. The lowest BCUT2D eigenvalue weighted by molar-refractivity contribution is -0.110. The van der Waals surface area contributed by atoms with Gasteiger partial charge < -0.3 is 4.79 Å². The first-order valence-corrected chi connectivity index (χ1v) is 4.43. The van der Waals surface area contributed by atoms with Gasteiger partial charge in [0.2, 0.25) is 0 Å². The van der Waals surface area contributed by atoms with E-state index < -0.39 is 0 Å². The van der Waals surface area contributed by atoms with E-state index in [1.165, 1.54) is 19.3 Å². The molecule has 0 spiro atoms. The Bertz CT molecular complexity index is 116. The van der Waals surface area contributed by atoms with Crippen LogP contribution >= 0.6 is 0 Å². The van der Waals surface area contributed by atoms with Gasteiger partial charge in [0.05, 0.1) is 0 Å². The maximum Gasteiger partial charge on any atom is 0.126 e. The van der Waals surface area contributed by atoms with Gasteiger partial charge in [0.25, 0.3) is 0 Å². The van der Waals surface area contributed by atoms with E-state index in [2.05, 4.69) is 6.92 Å². The molecule has 0 rings (SSSR count). The fourth-order valence-electron chi connectivity index (χ4n) is 1.09. The smallest absolute Gasteiger partial charge is 0.126 e. The van der Waals surface area contributed by atoms with Gasteiger partial charge in [-0.1, -0.05) is 38.3 Å². The van der Waals surface area contributed by atoms with Crippen molar-refractivity contribution in [2.75, 3.05) is 0 Å². The van der Waals surface area contributed by atoms with Gasteiger partial charge in [0.1, 0.15) is 6.29 Å². The molecule has 0 aromatic carbocycles. The van der Waals surface area contributed by atoms with Crippen LogP contribution in [0.1, 0.15) is 39.5 Å². The average Bonchev–Trinajstić information content (AvgIpc) is 2.03. The van der Waals surface area contributed by atoms with Crippen LogP contribution in [0.4, 0.5) is 0 Å². The Kier molecular flexibility index (Phi) is 7.11. The molecule has 0 heterocycles. The summed E-state index contributed by atoms with van der Waals surface area (Å²) in [6.45, 7) is 4.13. The number of hydrogen-bond acceptors (Lipinski definition) is 1. The first-order chi connectivity index (χ1) is 5.35. The van der Waals surface area contributed by atoms with Gasteiger partial charge in [-0.15, -0.1) is 0 Å². The van der Waals surface area contributed by atoms with Crippen molar-refractivity contribution >= 4 is 6.29 Å².